The van der Waals surface area contributed by atoms with Crippen LogP contribution in [-0.4, -0.2) is 10.9 Å². The lowest BCUT2D eigenvalue weighted by atomic mass is 10.1. The molecule has 0 aliphatic carbocycles. The molecule has 0 saturated heterocycles. The fraction of sp³-hybridized carbons (Fsp3) is 0. The van der Waals surface area contributed by atoms with Gasteiger partial charge in [-0.2, -0.15) is 0 Å². The van der Waals surface area contributed by atoms with Crippen LogP contribution < -0.4 is 5.32 Å². The van der Waals surface area contributed by atoms with Crippen molar-refractivity contribution in [2.45, 2.75) is 0 Å². The Morgan fingerprint density at radius 3 is 2.24 bits per heavy atom. The number of hydrogen-bond donors (Lipinski definition) is 1. The lowest BCUT2D eigenvalue weighted by Crippen LogP contribution is -2.12. The van der Waals surface area contributed by atoms with Gasteiger partial charge in [0.15, 0.2) is 0 Å². The normalized spacial score (nSPS) is 10.1. The molecule has 0 atom stereocenters. The molecule has 1 N–H and O–H groups in total. The van der Waals surface area contributed by atoms with Crippen LogP contribution in [0.15, 0.2) is 79.0 Å². The SMILES string of the molecule is O=C(Nc1ccccc1)c1ccnc(-c2ccccc2)c1. The lowest BCUT2D eigenvalue weighted by Gasteiger charge is -2.06. The first-order valence-corrected chi connectivity index (χ1v) is 6.71. The van der Waals surface area contributed by atoms with E-state index in [1.54, 1.807) is 18.3 Å². The highest BCUT2D eigenvalue weighted by Crippen LogP contribution is 2.18. The molecule has 1 aromatic heterocycles. The molecular weight excluding hydrogens is 260 g/mol. The Labute approximate surface area is 123 Å². The molecule has 0 fully saturated rings. The van der Waals surface area contributed by atoms with Gasteiger partial charge < -0.3 is 5.32 Å². The Kier molecular flexibility index (Phi) is 3.74. The highest BCUT2D eigenvalue weighted by atomic mass is 16.1. The van der Waals surface area contributed by atoms with Crippen molar-refractivity contribution in [2.75, 3.05) is 5.32 Å². The molecule has 0 spiro atoms. The fourth-order valence-corrected chi connectivity index (χ4v) is 2.06. The number of carbonyl (C=O) groups is 1. The molecule has 3 heteroatoms. The molecule has 1 amide bonds. The summed E-state index contributed by atoms with van der Waals surface area (Å²) in [6, 6.07) is 22.7. The number of benzene rings is 2. The lowest BCUT2D eigenvalue weighted by molar-refractivity contribution is 0.102. The Morgan fingerprint density at radius 2 is 1.52 bits per heavy atom. The summed E-state index contributed by atoms with van der Waals surface area (Å²) in [5, 5.41) is 2.87. The van der Waals surface area contributed by atoms with E-state index in [4.69, 9.17) is 0 Å². The first kappa shape index (κ1) is 13.1. The summed E-state index contributed by atoms with van der Waals surface area (Å²) in [4.78, 5) is 16.6. The van der Waals surface area contributed by atoms with Crippen molar-refractivity contribution in [3.63, 3.8) is 0 Å². The third-order valence-electron chi connectivity index (χ3n) is 3.12. The number of nitrogens with one attached hydrogen (secondary N) is 1. The van der Waals surface area contributed by atoms with Gasteiger partial charge >= 0.3 is 0 Å². The number of aromatic nitrogens is 1. The van der Waals surface area contributed by atoms with Gasteiger partial charge in [0, 0.05) is 23.0 Å². The summed E-state index contributed by atoms with van der Waals surface area (Å²) in [7, 11) is 0. The monoisotopic (exact) mass is 274 g/mol. The van der Waals surface area contributed by atoms with Gasteiger partial charge in [-0.1, -0.05) is 48.5 Å². The average molecular weight is 274 g/mol. The van der Waals surface area contributed by atoms with E-state index in [2.05, 4.69) is 10.3 Å². The first-order valence-electron chi connectivity index (χ1n) is 6.71. The van der Waals surface area contributed by atoms with Crippen LogP contribution in [0, 0.1) is 0 Å². The van der Waals surface area contributed by atoms with Gasteiger partial charge in [0.1, 0.15) is 0 Å². The zero-order valence-electron chi connectivity index (χ0n) is 11.4. The fourth-order valence-electron chi connectivity index (χ4n) is 2.06. The molecular formula is C18H14N2O. The van der Waals surface area contributed by atoms with E-state index in [1.165, 1.54) is 0 Å². The highest BCUT2D eigenvalue weighted by molar-refractivity contribution is 6.04. The van der Waals surface area contributed by atoms with Gasteiger partial charge in [-0.3, -0.25) is 9.78 Å². The number of rotatable bonds is 3. The van der Waals surface area contributed by atoms with Crippen LogP contribution in [0.4, 0.5) is 5.69 Å². The molecule has 102 valence electrons. The summed E-state index contributed by atoms with van der Waals surface area (Å²) in [5.41, 5.74) is 3.15. The summed E-state index contributed by atoms with van der Waals surface area (Å²) in [5.74, 6) is -0.138. The maximum atomic E-state index is 12.3. The molecule has 3 aromatic rings. The molecule has 1 heterocycles. The Bertz CT molecular complexity index is 739. The van der Waals surface area contributed by atoms with Gasteiger partial charge in [0.05, 0.1) is 5.69 Å². The number of hydrogen-bond acceptors (Lipinski definition) is 2. The van der Waals surface area contributed by atoms with E-state index in [-0.39, 0.29) is 5.91 Å². The smallest absolute Gasteiger partial charge is 0.255 e. The number of para-hydroxylation sites is 1. The average Bonchev–Trinajstić information content (AvgIpc) is 2.57. The summed E-state index contributed by atoms with van der Waals surface area (Å²) in [6.45, 7) is 0. The number of nitrogens with zero attached hydrogens (tertiary/aromatic N) is 1. The van der Waals surface area contributed by atoms with Crippen molar-refractivity contribution in [1.29, 1.82) is 0 Å². The van der Waals surface area contributed by atoms with Crippen LogP contribution in [0.25, 0.3) is 11.3 Å². The maximum absolute atomic E-state index is 12.3. The van der Waals surface area contributed by atoms with Crippen molar-refractivity contribution in [1.82, 2.24) is 4.98 Å². The largest absolute Gasteiger partial charge is 0.322 e. The van der Waals surface area contributed by atoms with Crippen molar-refractivity contribution in [3.05, 3.63) is 84.6 Å². The second kappa shape index (κ2) is 6.01. The predicted molar refractivity (Wildman–Crippen MR) is 84.1 cm³/mol. The van der Waals surface area contributed by atoms with Crippen LogP contribution in [0.3, 0.4) is 0 Å². The van der Waals surface area contributed by atoms with E-state index in [0.717, 1.165) is 16.9 Å². The third kappa shape index (κ3) is 3.15. The Morgan fingerprint density at radius 1 is 0.857 bits per heavy atom. The van der Waals surface area contributed by atoms with E-state index >= 15 is 0 Å². The summed E-state index contributed by atoms with van der Waals surface area (Å²) < 4.78 is 0. The minimum atomic E-state index is -0.138. The molecule has 3 nitrogen and oxygen atoms in total. The van der Waals surface area contributed by atoms with Crippen LogP contribution >= 0.6 is 0 Å². The molecule has 0 aliphatic rings. The minimum absolute atomic E-state index is 0.138. The zero-order valence-corrected chi connectivity index (χ0v) is 11.4. The van der Waals surface area contributed by atoms with Crippen molar-refractivity contribution in [3.8, 4) is 11.3 Å². The molecule has 3 rings (SSSR count). The zero-order chi connectivity index (χ0) is 14.5. The van der Waals surface area contributed by atoms with E-state index in [1.807, 2.05) is 60.7 Å². The molecule has 2 aromatic carbocycles. The number of amides is 1. The molecule has 0 aliphatic heterocycles. The van der Waals surface area contributed by atoms with Gasteiger partial charge in [0.2, 0.25) is 0 Å². The molecule has 0 bridgehead atoms. The van der Waals surface area contributed by atoms with E-state index < -0.39 is 0 Å². The minimum Gasteiger partial charge on any atom is -0.322 e. The van der Waals surface area contributed by atoms with Gasteiger partial charge in [0.25, 0.3) is 5.91 Å². The summed E-state index contributed by atoms with van der Waals surface area (Å²) in [6.07, 6.45) is 1.65. The first-order chi connectivity index (χ1) is 10.3. The molecule has 0 unspecified atom stereocenters. The standard InChI is InChI=1S/C18H14N2O/c21-18(20-16-9-5-2-6-10-16)15-11-12-19-17(13-15)14-7-3-1-4-8-14/h1-13H,(H,20,21). The Hall–Kier alpha value is -2.94. The number of pyridine rings is 1. The molecule has 21 heavy (non-hydrogen) atoms. The quantitative estimate of drug-likeness (QED) is 0.784. The van der Waals surface area contributed by atoms with E-state index in [9.17, 15) is 4.79 Å². The molecule has 0 saturated carbocycles. The van der Waals surface area contributed by atoms with Crippen LogP contribution in [0.1, 0.15) is 10.4 Å². The van der Waals surface area contributed by atoms with Crippen LogP contribution in [0.5, 0.6) is 0 Å². The number of anilines is 1. The van der Waals surface area contributed by atoms with Gasteiger partial charge in [-0.05, 0) is 24.3 Å². The Balaban J connectivity index is 1.85. The topological polar surface area (TPSA) is 42.0 Å². The van der Waals surface area contributed by atoms with Crippen LogP contribution in [0.2, 0.25) is 0 Å². The second-order valence-corrected chi connectivity index (χ2v) is 4.62. The maximum Gasteiger partial charge on any atom is 0.255 e. The third-order valence-corrected chi connectivity index (χ3v) is 3.12. The van der Waals surface area contributed by atoms with Gasteiger partial charge in [-0.25, -0.2) is 0 Å². The van der Waals surface area contributed by atoms with E-state index in [0.29, 0.717) is 5.56 Å². The summed E-state index contributed by atoms with van der Waals surface area (Å²) >= 11 is 0. The van der Waals surface area contributed by atoms with Crippen molar-refractivity contribution >= 4 is 11.6 Å². The van der Waals surface area contributed by atoms with Crippen LogP contribution in [-0.2, 0) is 0 Å². The predicted octanol–water partition coefficient (Wildman–Crippen LogP) is 4.00. The number of carbonyl (C=O) groups excluding carboxylic acids is 1. The highest BCUT2D eigenvalue weighted by Gasteiger charge is 2.08. The van der Waals surface area contributed by atoms with Crippen molar-refractivity contribution < 1.29 is 4.79 Å². The molecule has 0 radical (unpaired) electrons. The van der Waals surface area contributed by atoms with Gasteiger partial charge in [-0.15, -0.1) is 0 Å². The van der Waals surface area contributed by atoms with Crippen molar-refractivity contribution in [2.24, 2.45) is 0 Å². The second-order valence-electron chi connectivity index (χ2n) is 4.62.